The largest absolute Gasteiger partial charge is 0.476 e. The Balaban J connectivity index is 1.93. The molecular formula is C18H26F3N3O2. The Morgan fingerprint density at radius 3 is 2.50 bits per heavy atom. The zero-order valence-electron chi connectivity index (χ0n) is 15.6. The molecule has 5 nitrogen and oxygen atoms in total. The molecule has 1 aromatic heterocycles. The van der Waals surface area contributed by atoms with E-state index in [1.807, 2.05) is 0 Å². The zero-order chi connectivity index (χ0) is 19.5. The van der Waals surface area contributed by atoms with Crippen molar-refractivity contribution >= 4 is 5.91 Å². The molecule has 0 spiro atoms. The van der Waals surface area contributed by atoms with Gasteiger partial charge in [0.05, 0.1) is 11.0 Å². The van der Waals surface area contributed by atoms with Crippen LogP contribution < -0.4 is 10.1 Å². The molecule has 146 valence electrons. The number of likely N-dealkylation sites (tertiary alicyclic amines) is 1. The highest BCUT2D eigenvalue weighted by molar-refractivity contribution is 5.82. The molecule has 1 saturated heterocycles. The summed E-state index contributed by atoms with van der Waals surface area (Å²) in [5, 5.41) is 3.04. The van der Waals surface area contributed by atoms with Crippen molar-refractivity contribution in [2.75, 3.05) is 26.7 Å². The summed E-state index contributed by atoms with van der Waals surface area (Å²) in [5.41, 5.74) is -1.35. The number of nitrogens with one attached hydrogen (secondary N) is 1. The number of nitrogens with zero attached hydrogens (tertiary/aromatic N) is 2. The van der Waals surface area contributed by atoms with Crippen molar-refractivity contribution in [2.24, 2.45) is 5.41 Å². The second kappa shape index (κ2) is 7.82. The number of carbonyl (C=O) groups excluding carboxylic acids is 1. The van der Waals surface area contributed by atoms with Gasteiger partial charge in [0.25, 0.3) is 0 Å². The molecule has 26 heavy (non-hydrogen) atoms. The van der Waals surface area contributed by atoms with Gasteiger partial charge in [0.1, 0.15) is 6.61 Å². The van der Waals surface area contributed by atoms with Gasteiger partial charge in [0.15, 0.2) is 0 Å². The Morgan fingerprint density at radius 2 is 1.96 bits per heavy atom. The second-order valence-electron chi connectivity index (χ2n) is 7.57. The average Bonchev–Trinajstić information content (AvgIpc) is 2.55. The van der Waals surface area contributed by atoms with Crippen molar-refractivity contribution in [3.63, 3.8) is 0 Å². The minimum absolute atomic E-state index is 0.0324. The number of aromatic nitrogens is 1. The van der Waals surface area contributed by atoms with Crippen LogP contribution in [-0.2, 0) is 11.0 Å². The number of pyridine rings is 1. The smallest absolute Gasteiger partial charge is 0.417 e. The second-order valence-corrected chi connectivity index (χ2v) is 7.57. The maximum Gasteiger partial charge on any atom is 0.417 e. The van der Waals surface area contributed by atoms with E-state index < -0.39 is 17.2 Å². The van der Waals surface area contributed by atoms with Crippen molar-refractivity contribution in [2.45, 2.75) is 45.8 Å². The average molecular weight is 373 g/mol. The third-order valence-electron chi connectivity index (χ3n) is 4.60. The van der Waals surface area contributed by atoms with Crippen LogP contribution in [0.25, 0.3) is 0 Å². The molecule has 8 heteroatoms. The van der Waals surface area contributed by atoms with Crippen molar-refractivity contribution in [1.29, 1.82) is 0 Å². The van der Waals surface area contributed by atoms with Gasteiger partial charge in [-0.05, 0) is 59.8 Å². The normalized spacial score (nSPS) is 17.2. The van der Waals surface area contributed by atoms with Gasteiger partial charge in [-0.15, -0.1) is 0 Å². The molecule has 0 aliphatic carbocycles. The van der Waals surface area contributed by atoms with Crippen molar-refractivity contribution in [1.82, 2.24) is 15.2 Å². The molecule has 1 N–H and O–H groups in total. The Morgan fingerprint density at radius 1 is 1.35 bits per heavy atom. The molecule has 0 saturated carbocycles. The lowest BCUT2D eigenvalue weighted by Crippen LogP contribution is -2.49. The van der Waals surface area contributed by atoms with Crippen LogP contribution >= 0.6 is 0 Å². The fourth-order valence-electron chi connectivity index (χ4n) is 2.72. The number of rotatable bonds is 5. The molecule has 1 fully saturated rings. The van der Waals surface area contributed by atoms with Gasteiger partial charge in [0, 0.05) is 17.8 Å². The van der Waals surface area contributed by atoms with E-state index in [1.165, 1.54) is 6.92 Å². The molecule has 1 aliphatic rings. The molecular weight excluding hydrogens is 347 g/mol. The van der Waals surface area contributed by atoms with Gasteiger partial charge in [-0.3, -0.25) is 4.79 Å². The molecule has 0 atom stereocenters. The number of aryl methyl sites for hydroxylation is 1. The monoisotopic (exact) mass is 373 g/mol. The lowest BCUT2D eigenvalue weighted by atomic mass is 9.92. The highest BCUT2D eigenvalue weighted by Gasteiger charge is 2.33. The third kappa shape index (κ3) is 5.33. The van der Waals surface area contributed by atoms with Crippen LogP contribution in [0.4, 0.5) is 13.2 Å². The predicted molar refractivity (Wildman–Crippen MR) is 91.9 cm³/mol. The molecule has 1 amide bonds. The minimum atomic E-state index is -4.44. The first kappa shape index (κ1) is 20.5. The first-order chi connectivity index (χ1) is 12.0. The Hall–Kier alpha value is -1.83. The number of amides is 1. The van der Waals surface area contributed by atoms with E-state index in [0.717, 1.165) is 38.2 Å². The van der Waals surface area contributed by atoms with Crippen molar-refractivity contribution in [3.05, 3.63) is 23.4 Å². The summed E-state index contributed by atoms with van der Waals surface area (Å²) in [6, 6.07) is 1.14. The van der Waals surface area contributed by atoms with E-state index in [0.29, 0.717) is 0 Å². The van der Waals surface area contributed by atoms with Crippen LogP contribution in [0, 0.1) is 12.3 Å². The number of halogens is 3. The van der Waals surface area contributed by atoms with Gasteiger partial charge in [-0.1, -0.05) is 0 Å². The predicted octanol–water partition coefficient (Wildman–Crippen LogP) is 3.02. The maximum atomic E-state index is 12.7. The van der Waals surface area contributed by atoms with Gasteiger partial charge in [-0.25, -0.2) is 4.98 Å². The molecule has 0 bridgehead atoms. The van der Waals surface area contributed by atoms with Crippen LogP contribution in [0.5, 0.6) is 5.88 Å². The molecule has 1 aliphatic heterocycles. The fourth-order valence-corrected chi connectivity index (χ4v) is 2.72. The van der Waals surface area contributed by atoms with Crippen LogP contribution in [-0.4, -0.2) is 48.6 Å². The summed E-state index contributed by atoms with van der Waals surface area (Å²) in [7, 11) is 2.05. The topological polar surface area (TPSA) is 54.5 Å². The molecule has 2 rings (SSSR count). The summed E-state index contributed by atoms with van der Waals surface area (Å²) in [6.07, 6.45) is -1.89. The number of carbonyl (C=O) groups is 1. The van der Waals surface area contributed by atoms with E-state index in [1.54, 1.807) is 13.8 Å². The Bertz CT molecular complexity index is 639. The summed E-state index contributed by atoms with van der Waals surface area (Å²) >= 11 is 0. The number of piperidine rings is 1. The highest BCUT2D eigenvalue weighted by atomic mass is 19.4. The molecule has 0 aromatic carbocycles. The van der Waals surface area contributed by atoms with Gasteiger partial charge >= 0.3 is 6.18 Å². The lowest BCUT2D eigenvalue weighted by Gasteiger charge is -2.32. The van der Waals surface area contributed by atoms with Crippen LogP contribution in [0.2, 0.25) is 0 Å². The van der Waals surface area contributed by atoms with E-state index in [-0.39, 0.29) is 30.0 Å². The van der Waals surface area contributed by atoms with Gasteiger partial charge in [-0.2, -0.15) is 13.2 Å². The number of alkyl halides is 3. The quantitative estimate of drug-likeness (QED) is 0.862. The van der Waals surface area contributed by atoms with E-state index >= 15 is 0 Å². The highest BCUT2D eigenvalue weighted by Crippen LogP contribution is 2.31. The summed E-state index contributed by atoms with van der Waals surface area (Å²) in [4.78, 5) is 18.5. The SMILES string of the molecule is Cc1cc(C(F)(F)F)cnc1OCC(C)(C)C(=O)NC1CCN(C)CC1. The van der Waals surface area contributed by atoms with Crippen LogP contribution in [0.15, 0.2) is 12.3 Å². The van der Waals surface area contributed by atoms with Crippen molar-refractivity contribution < 1.29 is 22.7 Å². The third-order valence-corrected chi connectivity index (χ3v) is 4.60. The first-order valence-corrected chi connectivity index (χ1v) is 8.65. The maximum absolute atomic E-state index is 12.7. The molecule has 1 aromatic rings. The minimum Gasteiger partial charge on any atom is -0.476 e. The van der Waals surface area contributed by atoms with Crippen LogP contribution in [0.1, 0.15) is 37.8 Å². The Labute approximate surface area is 151 Å². The van der Waals surface area contributed by atoms with E-state index in [9.17, 15) is 18.0 Å². The Kier molecular flexibility index (Phi) is 6.16. The fraction of sp³-hybridized carbons (Fsp3) is 0.667. The van der Waals surface area contributed by atoms with E-state index in [2.05, 4.69) is 22.2 Å². The van der Waals surface area contributed by atoms with Gasteiger partial charge < -0.3 is 15.0 Å². The summed E-state index contributed by atoms with van der Waals surface area (Å²) < 4.78 is 43.6. The number of hydrogen-bond donors (Lipinski definition) is 1. The zero-order valence-corrected chi connectivity index (χ0v) is 15.6. The number of ether oxygens (including phenoxy) is 1. The molecule has 0 unspecified atom stereocenters. The van der Waals surface area contributed by atoms with E-state index in [4.69, 9.17) is 4.74 Å². The van der Waals surface area contributed by atoms with Crippen LogP contribution in [0.3, 0.4) is 0 Å². The first-order valence-electron chi connectivity index (χ1n) is 8.65. The molecule has 2 heterocycles. The van der Waals surface area contributed by atoms with Gasteiger partial charge in [0.2, 0.25) is 11.8 Å². The summed E-state index contributed by atoms with van der Waals surface area (Å²) in [5.74, 6) is -0.0187. The lowest BCUT2D eigenvalue weighted by molar-refractivity contribution is -0.137. The van der Waals surface area contributed by atoms with Crippen molar-refractivity contribution in [3.8, 4) is 5.88 Å². The standard InChI is InChI=1S/C18H26F3N3O2/c1-12-9-13(18(19,20)21)10-22-15(12)26-11-17(2,3)16(25)23-14-5-7-24(4)8-6-14/h9-10,14H,5-8,11H2,1-4H3,(H,23,25). The summed E-state index contributed by atoms with van der Waals surface area (Å²) in [6.45, 7) is 6.91. The number of hydrogen-bond acceptors (Lipinski definition) is 4. The molecule has 0 radical (unpaired) electrons.